The maximum atomic E-state index is 3.87. The fraction of sp³-hybridized carbons (Fsp3) is 0.533. The van der Waals surface area contributed by atoms with E-state index in [-0.39, 0.29) is 0 Å². The molecule has 1 atom stereocenters. The molecule has 0 spiro atoms. The van der Waals surface area contributed by atoms with E-state index in [1.54, 1.807) is 0 Å². The molecule has 0 aliphatic rings. The van der Waals surface area contributed by atoms with Crippen LogP contribution in [-0.4, -0.2) is 6.16 Å². The maximum absolute atomic E-state index is 3.87. The molecule has 0 heterocycles. The van der Waals surface area contributed by atoms with Crippen molar-refractivity contribution in [3.63, 3.8) is 0 Å². The molecule has 1 heteroatoms. The van der Waals surface area contributed by atoms with Crippen LogP contribution in [0.25, 0.3) is 0 Å². The van der Waals surface area contributed by atoms with Crippen LogP contribution in [0.1, 0.15) is 44.9 Å². The van der Waals surface area contributed by atoms with Gasteiger partial charge in [0.1, 0.15) is 0 Å². The van der Waals surface area contributed by atoms with E-state index in [1.165, 1.54) is 50.0 Å². The quantitative estimate of drug-likeness (QED) is 0.435. The maximum Gasteiger partial charge on any atom is -0.0271 e. The van der Waals surface area contributed by atoms with Gasteiger partial charge in [-0.15, -0.1) is 0 Å². The number of benzene rings is 1. The van der Waals surface area contributed by atoms with Gasteiger partial charge >= 0.3 is 0 Å². The normalized spacial score (nSPS) is 11.3. The summed E-state index contributed by atoms with van der Waals surface area (Å²) in [5.74, 6) is 0. The summed E-state index contributed by atoms with van der Waals surface area (Å²) in [6.45, 7) is 3.87. The van der Waals surface area contributed by atoms with Gasteiger partial charge in [0, 0.05) is 0 Å². The molecule has 16 heavy (non-hydrogen) atoms. The van der Waals surface area contributed by atoms with E-state index in [9.17, 15) is 0 Å². The topological polar surface area (TPSA) is 0 Å². The van der Waals surface area contributed by atoms with Crippen LogP contribution in [0.4, 0.5) is 0 Å². The predicted molar refractivity (Wildman–Crippen MR) is 76.9 cm³/mol. The molecule has 1 rings (SSSR count). The molecule has 0 fully saturated rings. The third-order valence-electron chi connectivity index (χ3n) is 2.78. The number of unbranched alkanes of at least 4 members (excludes halogenated alkanes) is 6. The first-order valence-corrected chi connectivity index (χ1v) is 7.72. The van der Waals surface area contributed by atoms with Crippen molar-refractivity contribution >= 4 is 13.9 Å². The van der Waals surface area contributed by atoms with Gasteiger partial charge in [-0.05, 0) is 17.9 Å². The molecule has 1 aromatic rings. The van der Waals surface area contributed by atoms with Crippen molar-refractivity contribution in [1.29, 1.82) is 0 Å². The molecule has 0 nitrogen and oxygen atoms in total. The summed E-state index contributed by atoms with van der Waals surface area (Å²) in [7, 11) is 1.01. The zero-order valence-corrected chi connectivity index (χ0v) is 11.3. The largest absolute Gasteiger partial charge is 0.0904 e. The second-order valence-electron chi connectivity index (χ2n) is 4.27. The fourth-order valence-corrected chi connectivity index (χ4v) is 2.94. The van der Waals surface area contributed by atoms with Crippen molar-refractivity contribution in [1.82, 2.24) is 0 Å². The Morgan fingerprint density at radius 2 is 1.44 bits per heavy atom. The summed E-state index contributed by atoms with van der Waals surface area (Å²) in [6, 6.07) is 10.9. The van der Waals surface area contributed by atoms with Gasteiger partial charge in [-0.2, -0.15) is 0 Å². The number of rotatable bonds is 9. The first-order valence-electron chi connectivity index (χ1n) is 6.51. The molecule has 0 aromatic heterocycles. The van der Waals surface area contributed by atoms with E-state index in [0.717, 1.165) is 15.0 Å². The number of hydrogen-bond donors (Lipinski definition) is 0. The van der Waals surface area contributed by atoms with Crippen LogP contribution in [0.15, 0.2) is 30.3 Å². The zero-order valence-electron chi connectivity index (χ0n) is 10.3. The van der Waals surface area contributed by atoms with Crippen LogP contribution in [-0.2, 0) is 0 Å². The van der Waals surface area contributed by atoms with Crippen molar-refractivity contribution in [3.8, 4) is 0 Å². The van der Waals surface area contributed by atoms with Crippen LogP contribution >= 0.6 is 8.58 Å². The Balaban J connectivity index is 1.89. The zero-order chi connectivity index (χ0) is 11.5. The molecule has 1 unspecified atom stereocenters. The molecule has 0 amide bonds. The van der Waals surface area contributed by atoms with Gasteiger partial charge in [0.15, 0.2) is 0 Å². The predicted octanol–water partition coefficient (Wildman–Crippen LogP) is 4.56. The van der Waals surface area contributed by atoms with Crippen molar-refractivity contribution in [2.75, 3.05) is 6.16 Å². The van der Waals surface area contributed by atoms with E-state index in [4.69, 9.17) is 0 Å². The lowest BCUT2D eigenvalue weighted by Crippen LogP contribution is -1.93. The monoisotopic (exact) mass is 235 g/mol. The minimum absolute atomic E-state index is 1.01. The Hall–Kier alpha value is -0.350. The van der Waals surface area contributed by atoms with Crippen molar-refractivity contribution in [2.45, 2.75) is 44.9 Å². The van der Waals surface area contributed by atoms with E-state index < -0.39 is 0 Å². The number of hydrogen-bond acceptors (Lipinski definition) is 0. The second kappa shape index (κ2) is 9.85. The summed E-state index contributed by atoms with van der Waals surface area (Å²) in [5.41, 5.74) is 0. The summed E-state index contributed by atoms with van der Waals surface area (Å²) < 4.78 is 0. The van der Waals surface area contributed by atoms with Gasteiger partial charge in [0.05, 0.1) is 0 Å². The van der Waals surface area contributed by atoms with Gasteiger partial charge in [-0.1, -0.05) is 84.4 Å². The van der Waals surface area contributed by atoms with Crippen LogP contribution < -0.4 is 5.30 Å². The average molecular weight is 235 g/mol. The Bertz CT molecular complexity index is 243. The second-order valence-corrected chi connectivity index (χ2v) is 5.70. The van der Waals surface area contributed by atoms with Crippen LogP contribution in [0.2, 0.25) is 0 Å². The highest BCUT2D eigenvalue weighted by Crippen LogP contribution is 2.14. The Morgan fingerprint density at radius 1 is 0.812 bits per heavy atom. The van der Waals surface area contributed by atoms with Crippen molar-refractivity contribution in [2.24, 2.45) is 0 Å². The average Bonchev–Trinajstić information content (AvgIpc) is 2.34. The highest BCUT2D eigenvalue weighted by molar-refractivity contribution is 7.47. The van der Waals surface area contributed by atoms with Crippen molar-refractivity contribution in [3.05, 3.63) is 37.3 Å². The smallest absolute Gasteiger partial charge is 0.0271 e. The van der Waals surface area contributed by atoms with Gasteiger partial charge < -0.3 is 0 Å². The molecule has 0 saturated heterocycles. The third kappa shape index (κ3) is 7.01. The molecule has 0 N–H and O–H groups in total. The van der Waals surface area contributed by atoms with Crippen molar-refractivity contribution < 1.29 is 0 Å². The Kier molecular flexibility index (Phi) is 8.44. The minimum atomic E-state index is 1.01. The van der Waals surface area contributed by atoms with Gasteiger partial charge in [-0.25, -0.2) is 0 Å². The fourth-order valence-electron chi connectivity index (χ4n) is 1.80. The molecule has 0 bridgehead atoms. The van der Waals surface area contributed by atoms with E-state index in [1.807, 2.05) is 0 Å². The molecule has 0 aliphatic heterocycles. The lowest BCUT2D eigenvalue weighted by molar-refractivity contribution is 0.612. The third-order valence-corrected chi connectivity index (χ3v) is 4.12. The molecular formula is C15H24P. The minimum Gasteiger partial charge on any atom is -0.0904 e. The van der Waals surface area contributed by atoms with E-state index in [2.05, 4.69) is 37.3 Å². The molecular weight excluding hydrogens is 211 g/mol. The van der Waals surface area contributed by atoms with Gasteiger partial charge in [0.2, 0.25) is 0 Å². The van der Waals surface area contributed by atoms with E-state index >= 15 is 0 Å². The lowest BCUT2D eigenvalue weighted by Gasteiger charge is -2.02. The molecule has 1 aromatic carbocycles. The Labute approximate surface area is 103 Å². The highest BCUT2D eigenvalue weighted by atomic mass is 31.1. The van der Waals surface area contributed by atoms with E-state index in [0.29, 0.717) is 0 Å². The SMILES string of the molecule is [CH2]CCCCCCCCPc1ccccc1. The summed E-state index contributed by atoms with van der Waals surface area (Å²) >= 11 is 0. The molecule has 1 radical (unpaired) electrons. The van der Waals surface area contributed by atoms with Crippen LogP contribution in [0.5, 0.6) is 0 Å². The highest BCUT2D eigenvalue weighted by Gasteiger charge is 1.93. The summed E-state index contributed by atoms with van der Waals surface area (Å²) in [5, 5.41) is 1.51. The standard InChI is InChI=1S/C15H24P/c1-2-3-4-5-6-7-11-14-16-15-12-9-8-10-13-15/h8-10,12-13,16H,1-7,11,14H2. The van der Waals surface area contributed by atoms with Crippen LogP contribution in [0, 0.1) is 6.92 Å². The summed E-state index contributed by atoms with van der Waals surface area (Å²) in [6.07, 6.45) is 10.8. The van der Waals surface area contributed by atoms with Gasteiger partial charge in [0.25, 0.3) is 0 Å². The first-order chi connectivity index (χ1) is 7.93. The molecule has 89 valence electrons. The Morgan fingerprint density at radius 3 is 2.12 bits per heavy atom. The molecule has 0 saturated carbocycles. The van der Waals surface area contributed by atoms with Gasteiger partial charge in [-0.3, -0.25) is 0 Å². The molecule has 0 aliphatic carbocycles. The van der Waals surface area contributed by atoms with Crippen LogP contribution in [0.3, 0.4) is 0 Å². The summed E-state index contributed by atoms with van der Waals surface area (Å²) in [4.78, 5) is 0. The lowest BCUT2D eigenvalue weighted by atomic mass is 10.1. The first kappa shape index (κ1) is 13.7.